The van der Waals surface area contributed by atoms with Gasteiger partial charge in [0.2, 0.25) is 0 Å². The number of carbonyl (C=O) groups excluding carboxylic acids is 2. The smallest absolute Gasteiger partial charge is 0.274 e. The largest absolute Gasteiger partial charge is 0.492 e. The van der Waals surface area contributed by atoms with Gasteiger partial charge in [-0.05, 0) is 53.4 Å². The maximum atomic E-state index is 12.6. The van der Waals surface area contributed by atoms with E-state index in [0.717, 1.165) is 16.7 Å². The lowest BCUT2D eigenvalue weighted by Gasteiger charge is -2.12. The van der Waals surface area contributed by atoms with Crippen LogP contribution in [-0.2, 0) is 6.42 Å². The van der Waals surface area contributed by atoms with Crippen LogP contribution in [0.3, 0.4) is 0 Å². The van der Waals surface area contributed by atoms with Gasteiger partial charge in [0.05, 0.1) is 6.54 Å². The quantitative estimate of drug-likeness (QED) is 0.242. The second kappa shape index (κ2) is 10.9. The first-order valence-electron chi connectivity index (χ1n) is 9.87. The molecular weight excluding hydrogens is 396 g/mol. The average Bonchev–Trinajstić information content (AvgIpc) is 2.82. The molecule has 7 nitrogen and oxygen atoms in total. The molecule has 0 bridgehead atoms. The molecule has 0 aliphatic rings. The van der Waals surface area contributed by atoms with E-state index >= 15 is 0 Å². The van der Waals surface area contributed by atoms with Crippen LogP contribution in [0.1, 0.15) is 26.3 Å². The molecule has 0 saturated carbocycles. The first kappa shape index (κ1) is 22.0. The maximum absolute atomic E-state index is 12.6. The second-order valence-electron chi connectivity index (χ2n) is 6.78. The van der Waals surface area contributed by atoms with Gasteiger partial charge in [-0.1, -0.05) is 42.5 Å². The molecule has 0 unspecified atom stereocenters. The average molecular weight is 420 g/mol. The summed E-state index contributed by atoms with van der Waals surface area (Å²) in [4.78, 5) is 23.9. The van der Waals surface area contributed by atoms with Crippen LogP contribution in [0.4, 0.5) is 0 Å². The predicted molar refractivity (Wildman–Crippen MR) is 116 cm³/mol. The predicted octanol–water partition coefficient (Wildman–Crippen LogP) is 2.82. The minimum absolute atomic E-state index is 0.0497. The Balaban J connectivity index is 1.58. The number of benzene rings is 3. The van der Waals surface area contributed by atoms with Gasteiger partial charge in [0.1, 0.15) is 12.4 Å². The molecule has 0 heterocycles. The minimum Gasteiger partial charge on any atom is -0.492 e. The molecular formula is C24H24N2O5. The van der Waals surface area contributed by atoms with Gasteiger partial charge >= 0.3 is 0 Å². The number of carbonyl (C=O) groups is 2. The molecule has 160 valence electrons. The molecule has 3 aromatic carbocycles. The van der Waals surface area contributed by atoms with Crippen LogP contribution in [-0.4, -0.2) is 41.9 Å². The summed E-state index contributed by atoms with van der Waals surface area (Å²) in [6.45, 7) is 0.483. The normalized spacial score (nSPS) is 10.4. The lowest BCUT2D eigenvalue weighted by molar-refractivity contribution is 0.0706. The van der Waals surface area contributed by atoms with Gasteiger partial charge in [-0.2, -0.15) is 0 Å². The number of rotatable bonds is 9. The van der Waals surface area contributed by atoms with E-state index in [9.17, 15) is 14.7 Å². The lowest BCUT2D eigenvalue weighted by atomic mass is 9.97. The SMILES string of the molecule is O=C(NO)c1ccc(OCCNC(=O)c2ccc(-c3ccccc3)cc2CCO)cc1. The van der Waals surface area contributed by atoms with Gasteiger partial charge in [-0.3, -0.25) is 14.8 Å². The Morgan fingerprint density at radius 1 is 0.871 bits per heavy atom. The van der Waals surface area contributed by atoms with Crippen molar-refractivity contribution in [3.8, 4) is 16.9 Å². The number of aliphatic hydroxyl groups excluding tert-OH is 1. The van der Waals surface area contributed by atoms with Crippen LogP contribution >= 0.6 is 0 Å². The highest BCUT2D eigenvalue weighted by Gasteiger charge is 2.12. The molecule has 3 rings (SSSR count). The van der Waals surface area contributed by atoms with Crippen molar-refractivity contribution >= 4 is 11.8 Å². The van der Waals surface area contributed by atoms with E-state index in [1.165, 1.54) is 12.1 Å². The third kappa shape index (κ3) is 5.91. The van der Waals surface area contributed by atoms with Gasteiger partial charge in [-0.25, -0.2) is 5.48 Å². The van der Waals surface area contributed by atoms with E-state index in [1.54, 1.807) is 23.7 Å². The van der Waals surface area contributed by atoms with Crippen LogP contribution in [0.25, 0.3) is 11.1 Å². The van der Waals surface area contributed by atoms with Gasteiger partial charge in [0, 0.05) is 17.7 Å². The monoisotopic (exact) mass is 420 g/mol. The number of amides is 2. The first-order chi connectivity index (χ1) is 15.1. The molecule has 0 radical (unpaired) electrons. The van der Waals surface area contributed by atoms with Crippen molar-refractivity contribution in [3.63, 3.8) is 0 Å². The van der Waals surface area contributed by atoms with Crippen molar-refractivity contribution in [2.24, 2.45) is 0 Å². The second-order valence-corrected chi connectivity index (χ2v) is 6.78. The van der Waals surface area contributed by atoms with E-state index in [-0.39, 0.29) is 25.7 Å². The fraction of sp³-hybridized carbons (Fsp3) is 0.167. The fourth-order valence-corrected chi connectivity index (χ4v) is 3.15. The van der Waals surface area contributed by atoms with Gasteiger partial charge in [-0.15, -0.1) is 0 Å². The van der Waals surface area contributed by atoms with Crippen molar-refractivity contribution in [2.45, 2.75) is 6.42 Å². The van der Waals surface area contributed by atoms with Crippen LogP contribution in [0, 0.1) is 0 Å². The summed E-state index contributed by atoms with van der Waals surface area (Å²) in [6, 6.07) is 21.7. The lowest BCUT2D eigenvalue weighted by Crippen LogP contribution is -2.29. The Morgan fingerprint density at radius 2 is 1.61 bits per heavy atom. The zero-order valence-electron chi connectivity index (χ0n) is 16.9. The Bertz CT molecular complexity index is 1020. The molecule has 0 aliphatic carbocycles. The van der Waals surface area contributed by atoms with E-state index < -0.39 is 5.91 Å². The van der Waals surface area contributed by atoms with Crippen molar-refractivity contribution in [1.29, 1.82) is 0 Å². The van der Waals surface area contributed by atoms with Gasteiger partial charge in [0.25, 0.3) is 11.8 Å². The maximum Gasteiger partial charge on any atom is 0.274 e. The summed E-state index contributed by atoms with van der Waals surface area (Å²) in [6.07, 6.45) is 0.383. The van der Waals surface area contributed by atoms with Gasteiger partial charge in [0.15, 0.2) is 0 Å². The highest BCUT2D eigenvalue weighted by molar-refractivity contribution is 5.96. The van der Waals surface area contributed by atoms with E-state index in [2.05, 4.69) is 5.32 Å². The molecule has 7 heteroatoms. The summed E-state index contributed by atoms with van der Waals surface area (Å²) in [5.74, 6) is -0.297. The number of hydrogen-bond acceptors (Lipinski definition) is 5. The third-order valence-corrected chi connectivity index (χ3v) is 4.71. The topological polar surface area (TPSA) is 108 Å². The van der Waals surface area contributed by atoms with E-state index in [0.29, 0.717) is 23.3 Å². The number of aliphatic hydroxyl groups is 1. The fourth-order valence-electron chi connectivity index (χ4n) is 3.15. The van der Waals surface area contributed by atoms with Gasteiger partial charge < -0.3 is 15.2 Å². The van der Waals surface area contributed by atoms with Crippen molar-refractivity contribution in [2.75, 3.05) is 19.8 Å². The van der Waals surface area contributed by atoms with Crippen molar-refractivity contribution in [1.82, 2.24) is 10.8 Å². The number of ether oxygens (including phenoxy) is 1. The molecule has 0 spiro atoms. The first-order valence-corrected chi connectivity index (χ1v) is 9.87. The summed E-state index contributed by atoms with van der Waals surface area (Å²) < 4.78 is 5.57. The summed E-state index contributed by atoms with van der Waals surface area (Å²) in [5.41, 5.74) is 5.20. The highest BCUT2D eigenvalue weighted by Crippen LogP contribution is 2.23. The molecule has 3 aromatic rings. The Labute approximate surface area is 180 Å². The van der Waals surface area contributed by atoms with Crippen LogP contribution in [0.2, 0.25) is 0 Å². The van der Waals surface area contributed by atoms with E-state index in [4.69, 9.17) is 9.94 Å². The number of hydroxylamine groups is 1. The van der Waals surface area contributed by atoms with Crippen LogP contribution in [0.5, 0.6) is 5.75 Å². The number of hydrogen-bond donors (Lipinski definition) is 4. The minimum atomic E-state index is -0.601. The van der Waals surface area contributed by atoms with Crippen molar-refractivity contribution < 1.29 is 24.6 Å². The molecule has 4 N–H and O–H groups in total. The molecule has 0 atom stereocenters. The van der Waals surface area contributed by atoms with Crippen molar-refractivity contribution in [3.05, 3.63) is 89.5 Å². The zero-order chi connectivity index (χ0) is 22.1. The Kier molecular flexibility index (Phi) is 7.75. The molecule has 0 saturated heterocycles. The number of nitrogens with one attached hydrogen (secondary N) is 2. The Morgan fingerprint density at radius 3 is 2.29 bits per heavy atom. The molecule has 31 heavy (non-hydrogen) atoms. The van der Waals surface area contributed by atoms with Crippen LogP contribution in [0.15, 0.2) is 72.8 Å². The highest BCUT2D eigenvalue weighted by atomic mass is 16.5. The zero-order valence-corrected chi connectivity index (χ0v) is 16.9. The van der Waals surface area contributed by atoms with Crippen LogP contribution < -0.4 is 15.5 Å². The summed E-state index contributed by atoms with van der Waals surface area (Å²) in [5, 5.41) is 20.8. The summed E-state index contributed by atoms with van der Waals surface area (Å²) >= 11 is 0. The molecule has 2 amide bonds. The summed E-state index contributed by atoms with van der Waals surface area (Å²) in [7, 11) is 0. The standard InChI is InChI=1S/C24H24N2O5/c27-14-12-20-16-19(17-4-2-1-3-5-17)8-11-22(20)24(29)25-13-15-31-21-9-6-18(7-10-21)23(28)26-30/h1-11,16,27,30H,12-15H2,(H,25,29)(H,26,28). The molecule has 0 aromatic heterocycles. The third-order valence-electron chi connectivity index (χ3n) is 4.71. The molecule has 0 fully saturated rings. The molecule has 0 aliphatic heterocycles. The van der Waals surface area contributed by atoms with E-state index in [1.807, 2.05) is 42.5 Å². The Hall–Kier alpha value is -3.68.